The Balaban J connectivity index is 2.62. The molecule has 0 aliphatic carbocycles. The van der Waals surface area contributed by atoms with Crippen LogP contribution in [-0.2, 0) is 0 Å². The molecule has 0 radical (unpaired) electrons. The molecule has 0 unspecified atom stereocenters. The van der Waals surface area contributed by atoms with Gasteiger partial charge < -0.3 is 10.0 Å². The molecular weight excluding hydrogens is 226 g/mol. The number of nitrogens with zero attached hydrogens (tertiary/aromatic N) is 1. The predicted molar refractivity (Wildman–Crippen MR) is 73.7 cm³/mol. The standard InChI is InChI=1S/C15H21NO2/c1-9-6-13-11(7-12(9)14(17)18)10(2)8-15(3,4)16(13)5/h6-7,10H,8H2,1-5H3,(H,17,18)/t10-/m0/s1. The normalized spacial score (nSPS) is 21.6. The quantitative estimate of drug-likeness (QED) is 0.826. The van der Waals surface area contributed by atoms with E-state index in [0.29, 0.717) is 11.5 Å². The molecule has 0 amide bonds. The molecule has 0 saturated heterocycles. The topological polar surface area (TPSA) is 40.5 Å². The zero-order valence-corrected chi connectivity index (χ0v) is 11.7. The third-order valence-electron chi connectivity index (χ3n) is 4.21. The molecular formula is C15H21NO2. The van der Waals surface area contributed by atoms with E-state index in [9.17, 15) is 9.90 Å². The Morgan fingerprint density at radius 1 is 1.44 bits per heavy atom. The van der Waals surface area contributed by atoms with Crippen molar-refractivity contribution in [2.75, 3.05) is 11.9 Å². The van der Waals surface area contributed by atoms with E-state index < -0.39 is 5.97 Å². The Morgan fingerprint density at radius 2 is 2.06 bits per heavy atom. The molecule has 1 aromatic rings. The van der Waals surface area contributed by atoms with E-state index >= 15 is 0 Å². The highest BCUT2D eigenvalue weighted by Gasteiger charge is 2.34. The van der Waals surface area contributed by atoms with E-state index in [2.05, 4.69) is 32.7 Å². The van der Waals surface area contributed by atoms with Crippen molar-refractivity contribution in [3.8, 4) is 0 Å². The van der Waals surface area contributed by atoms with Gasteiger partial charge >= 0.3 is 5.97 Å². The van der Waals surface area contributed by atoms with Crippen LogP contribution in [0.3, 0.4) is 0 Å². The molecule has 0 bridgehead atoms. The molecule has 0 fully saturated rings. The molecule has 2 rings (SSSR count). The van der Waals surface area contributed by atoms with Crippen molar-refractivity contribution in [2.24, 2.45) is 0 Å². The van der Waals surface area contributed by atoms with E-state index in [4.69, 9.17) is 0 Å². The highest BCUT2D eigenvalue weighted by molar-refractivity contribution is 5.90. The van der Waals surface area contributed by atoms with Crippen molar-refractivity contribution in [1.82, 2.24) is 0 Å². The molecule has 1 N–H and O–H groups in total. The van der Waals surface area contributed by atoms with Crippen LogP contribution in [0.4, 0.5) is 5.69 Å². The number of rotatable bonds is 1. The first-order valence-electron chi connectivity index (χ1n) is 6.35. The molecule has 98 valence electrons. The summed E-state index contributed by atoms with van der Waals surface area (Å²) in [5.41, 5.74) is 3.69. The summed E-state index contributed by atoms with van der Waals surface area (Å²) in [4.78, 5) is 13.5. The fraction of sp³-hybridized carbons (Fsp3) is 0.533. The van der Waals surface area contributed by atoms with Crippen LogP contribution in [0.5, 0.6) is 0 Å². The van der Waals surface area contributed by atoms with Gasteiger partial charge in [0.2, 0.25) is 0 Å². The van der Waals surface area contributed by atoms with Crippen LogP contribution in [0.15, 0.2) is 12.1 Å². The van der Waals surface area contributed by atoms with E-state index in [0.717, 1.165) is 17.5 Å². The summed E-state index contributed by atoms with van der Waals surface area (Å²) in [5, 5.41) is 9.21. The van der Waals surface area contributed by atoms with Gasteiger partial charge in [0, 0.05) is 18.3 Å². The molecule has 1 aromatic carbocycles. The summed E-state index contributed by atoms with van der Waals surface area (Å²) in [6.45, 7) is 8.50. The molecule has 0 saturated carbocycles. The van der Waals surface area contributed by atoms with Gasteiger partial charge in [0.15, 0.2) is 0 Å². The fourth-order valence-corrected chi connectivity index (χ4v) is 2.95. The predicted octanol–water partition coefficient (Wildman–Crippen LogP) is 3.42. The third-order valence-corrected chi connectivity index (χ3v) is 4.21. The SMILES string of the molecule is Cc1cc2c(cc1C(=O)O)[C@@H](C)CC(C)(C)N2C. The van der Waals surface area contributed by atoms with E-state index in [1.54, 1.807) is 0 Å². The lowest BCUT2D eigenvalue weighted by Gasteiger charge is -2.45. The molecule has 1 atom stereocenters. The van der Waals surface area contributed by atoms with Gasteiger partial charge in [0.05, 0.1) is 5.56 Å². The Kier molecular flexibility index (Phi) is 2.88. The van der Waals surface area contributed by atoms with Crippen LogP contribution in [0.2, 0.25) is 0 Å². The summed E-state index contributed by atoms with van der Waals surface area (Å²) in [6, 6.07) is 3.86. The Morgan fingerprint density at radius 3 is 2.61 bits per heavy atom. The summed E-state index contributed by atoms with van der Waals surface area (Å²) in [7, 11) is 2.09. The van der Waals surface area contributed by atoms with Crippen LogP contribution >= 0.6 is 0 Å². The van der Waals surface area contributed by atoms with E-state index in [1.165, 1.54) is 5.69 Å². The lowest BCUT2D eigenvalue weighted by Crippen LogP contribution is -2.45. The average molecular weight is 247 g/mol. The van der Waals surface area contributed by atoms with Crippen molar-refractivity contribution in [2.45, 2.75) is 45.6 Å². The average Bonchev–Trinajstić information content (AvgIpc) is 2.24. The first kappa shape index (κ1) is 12.9. The second-order valence-electron chi connectivity index (χ2n) is 6.01. The summed E-state index contributed by atoms with van der Waals surface area (Å²) < 4.78 is 0. The lowest BCUT2D eigenvalue weighted by atomic mass is 9.79. The summed E-state index contributed by atoms with van der Waals surface area (Å²) in [6.07, 6.45) is 1.04. The van der Waals surface area contributed by atoms with Crippen molar-refractivity contribution in [3.05, 3.63) is 28.8 Å². The smallest absolute Gasteiger partial charge is 0.335 e. The van der Waals surface area contributed by atoms with Crippen LogP contribution in [0.25, 0.3) is 0 Å². The zero-order chi connectivity index (χ0) is 13.7. The monoisotopic (exact) mass is 247 g/mol. The number of carboxylic acid groups (broad SMARTS) is 1. The molecule has 1 aliphatic heterocycles. The van der Waals surface area contributed by atoms with E-state index in [1.807, 2.05) is 19.1 Å². The highest BCUT2D eigenvalue weighted by atomic mass is 16.4. The number of hydrogen-bond acceptors (Lipinski definition) is 2. The highest BCUT2D eigenvalue weighted by Crippen LogP contribution is 2.43. The summed E-state index contributed by atoms with van der Waals surface area (Å²) >= 11 is 0. The molecule has 0 aromatic heterocycles. The first-order valence-corrected chi connectivity index (χ1v) is 6.35. The molecule has 0 spiro atoms. The molecule has 1 heterocycles. The van der Waals surface area contributed by atoms with Crippen molar-refractivity contribution in [3.63, 3.8) is 0 Å². The molecule has 3 nitrogen and oxygen atoms in total. The Labute approximate surface area is 108 Å². The third kappa shape index (κ3) is 1.88. The summed E-state index contributed by atoms with van der Waals surface area (Å²) in [5.74, 6) is -0.445. The van der Waals surface area contributed by atoms with Gasteiger partial charge in [0.25, 0.3) is 0 Å². The van der Waals surface area contributed by atoms with Gasteiger partial charge in [-0.15, -0.1) is 0 Å². The first-order chi connectivity index (χ1) is 8.24. The molecule has 18 heavy (non-hydrogen) atoms. The largest absolute Gasteiger partial charge is 0.478 e. The van der Waals surface area contributed by atoms with Gasteiger partial charge in [0.1, 0.15) is 0 Å². The maximum atomic E-state index is 11.2. The van der Waals surface area contributed by atoms with Gasteiger partial charge in [-0.05, 0) is 56.4 Å². The van der Waals surface area contributed by atoms with E-state index in [-0.39, 0.29) is 5.54 Å². The van der Waals surface area contributed by atoms with Gasteiger partial charge in [-0.25, -0.2) is 4.79 Å². The second-order valence-corrected chi connectivity index (χ2v) is 6.01. The van der Waals surface area contributed by atoms with Crippen molar-refractivity contribution in [1.29, 1.82) is 0 Å². The fourth-order valence-electron chi connectivity index (χ4n) is 2.95. The number of anilines is 1. The number of aryl methyl sites for hydroxylation is 1. The maximum Gasteiger partial charge on any atom is 0.335 e. The van der Waals surface area contributed by atoms with Crippen molar-refractivity contribution >= 4 is 11.7 Å². The minimum Gasteiger partial charge on any atom is -0.478 e. The minimum atomic E-state index is -0.838. The van der Waals surface area contributed by atoms with Crippen LogP contribution < -0.4 is 4.90 Å². The second kappa shape index (κ2) is 4.01. The van der Waals surface area contributed by atoms with Crippen LogP contribution in [-0.4, -0.2) is 23.7 Å². The molecule has 1 aliphatic rings. The van der Waals surface area contributed by atoms with Crippen LogP contribution in [0, 0.1) is 6.92 Å². The number of aromatic carboxylic acids is 1. The zero-order valence-electron chi connectivity index (χ0n) is 11.7. The van der Waals surface area contributed by atoms with Gasteiger partial charge in [-0.3, -0.25) is 0 Å². The number of fused-ring (bicyclic) bond motifs is 1. The lowest BCUT2D eigenvalue weighted by molar-refractivity contribution is 0.0696. The van der Waals surface area contributed by atoms with Gasteiger partial charge in [-0.2, -0.15) is 0 Å². The Hall–Kier alpha value is -1.51. The van der Waals surface area contributed by atoms with Crippen LogP contribution in [0.1, 0.15) is 54.6 Å². The maximum absolute atomic E-state index is 11.2. The number of benzene rings is 1. The van der Waals surface area contributed by atoms with Crippen molar-refractivity contribution < 1.29 is 9.90 Å². The number of carbonyl (C=O) groups is 1. The Bertz CT molecular complexity index is 505. The molecule has 3 heteroatoms. The number of hydrogen-bond donors (Lipinski definition) is 1. The van der Waals surface area contributed by atoms with Gasteiger partial charge in [-0.1, -0.05) is 6.92 Å². The number of carboxylic acids is 1. The minimum absolute atomic E-state index is 0.115.